The topological polar surface area (TPSA) is 84.0 Å². The van der Waals surface area contributed by atoms with Crippen molar-refractivity contribution in [2.45, 2.75) is 25.8 Å². The third-order valence-corrected chi connectivity index (χ3v) is 3.33. The van der Waals surface area contributed by atoms with Gasteiger partial charge >= 0.3 is 0 Å². The van der Waals surface area contributed by atoms with E-state index in [4.69, 9.17) is 0 Å². The second-order valence-corrected chi connectivity index (χ2v) is 5.28. The largest absolute Gasteiger partial charge is 0.351 e. The third kappa shape index (κ3) is 3.46. The van der Waals surface area contributed by atoms with E-state index in [1.807, 2.05) is 0 Å². The van der Waals surface area contributed by atoms with Gasteiger partial charge in [0.1, 0.15) is 5.69 Å². The van der Waals surface area contributed by atoms with Crippen molar-refractivity contribution in [3.63, 3.8) is 0 Å². The number of hydrogen-bond acceptors (Lipinski definition) is 5. The maximum atomic E-state index is 12.2. The molecule has 1 fully saturated rings. The highest BCUT2D eigenvalue weighted by atomic mass is 16.2. The number of rotatable bonds is 5. The lowest BCUT2D eigenvalue weighted by molar-refractivity contribution is 0.100. The summed E-state index contributed by atoms with van der Waals surface area (Å²) in [5, 5.41) is 5.89. The van der Waals surface area contributed by atoms with E-state index in [0.29, 0.717) is 23.2 Å². The molecule has 6 heteroatoms. The molecule has 2 N–H and O–H groups in total. The highest BCUT2D eigenvalue weighted by Gasteiger charge is 2.22. The highest BCUT2D eigenvalue weighted by Crippen LogP contribution is 2.22. The van der Waals surface area contributed by atoms with Crippen LogP contribution in [0.15, 0.2) is 36.5 Å². The first-order valence-corrected chi connectivity index (χ1v) is 7.14. The van der Waals surface area contributed by atoms with Crippen LogP contribution in [-0.2, 0) is 0 Å². The molecule has 0 aliphatic heterocycles. The van der Waals surface area contributed by atoms with Gasteiger partial charge in [-0.05, 0) is 38.0 Å². The van der Waals surface area contributed by atoms with Crippen molar-refractivity contribution in [2.75, 3.05) is 10.6 Å². The number of hydrogen-bond donors (Lipinski definition) is 2. The van der Waals surface area contributed by atoms with E-state index >= 15 is 0 Å². The zero-order valence-electron chi connectivity index (χ0n) is 12.2. The Bertz CT molecular complexity index is 726. The van der Waals surface area contributed by atoms with E-state index in [9.17, 15) is 9.59 Å². The van der Waals surface area contributed by atoms with Gasteiger partial charge in [-0.15, -0.1) is 0 Å². The molecule has 1 aromatic heterocycles. The van der Waals surface area contributed by atoms with Crippen LogP contribution in [-0.4, -0.2) is 27.7 Å². The Hall–Kier alpha value is -2.76. The minimum absolute atomic E-state index is 0.0472. The molecule has 1 heterocycles. The Balaban J connectivity index is 1.73. The molecule has 112 valence electrons. The molecular formula is C16H16N4O2. The predicted molar refractivity (Wildman–Crippen MR) is 83.1 cm³/mol. The van der Waals surface area contributed by atoms with Crippen LogP contribution >= 0.6 is 0 Å². The predicted octanol–water partition coefficient (Wildman–Crippen LogP) is 2.51. The molecule has 3 rings (SSSR count). The Labute approximate surface area is 128 Å². The monoisotopic (exact) mass is 296 g/mol. The molecule has 2 aromatic rings. The zero-order valence-corrected chi connectivity index (χ0v) is 12.2. The van der Waals surface area contributed by atoms with Crippen LogP contribution in [0, 0.1) is 0 Å². The molecule has 1 saturated carbocycles. The van der Waals surface area contributed by atoms with E-state index in [1.54, 1.807) is 36.5 Å². The van der Waals surface area contributed by atoms with Crippen LogP contribution < -0.4 is 10.6 Å². The Morgan fingerprint density at radius 2 is 2.05 bits per heavy atom. The van der Waals surface area contributed by atoms with Crippen LogP contribution in [0.4, 0.5) is 11.6 Å². The van der Waals surface area contributed by atoms with Gasteiger partial charge < -0.3 is 10.6 Å². The summed E-state index contributed by atoms with van der Waals surface area (Å²) in [6.45, 7) is 1.49. The number of carbonyl (C=O) groups excluding carboxylic acids is 2. The number of amides is 1. The first-order chi connectivity index (χ1) is 10.6. The average Bonchev–Trinajstić information content (AvgIpc) is 3.31. The van der Waals surface area contributed by atoms with Gasteiger partial charge in [0.2, 0.25) is 5.95 Å². The summed E-state index contributed by atoms with van der Waals surface area (Å²) in [6, 6.07) is 8.79. The summed E-state index contributed by atoms with van der Waals surface area (Å²) in [5.74, 6) is 0.0867. The summed E-state index contributed by atoms with van der Waals surface area (Å²) < 4.78 is 0. The molecule has 0 atom stereocenters. The second-order valence-electron chi connectivity index (χ2n) is 5.28. The fourth-order valence-corrected chi connectivity index (χ4v) is 1.98. The molecular weight excluding hydrogens is 280 g/mol. The van der Waals surface area contributed by atoms with E-state index in [1.165, 1.54) is 6.92 Å². The molecule has 0 bridgehead atoms. The van der Waals surface area contributed by atoms with E-state index in [2.05, 4.69) is 20.6 Å². The Kier molecular flexibility index (Phi) is 3.82. The van der Waals surface area contributed by atoms with Crippen molar-refractivity contribution >= 4 is 23.3 Å². The fourth-order valence-electron chi connectivity index (χ4n) is 1.98. The zero-order chi connectivity index (χ0) is 15.5. The molecule has 1 amide bonds. The molecule has 1 aliphatic rings. The second kappa shape index (κ2) is 5.93. The standard InChI is InChI=1S/C16H16N4O2/c1-10(21)11-3-2-4-13(9-11)18-15(22)14-7-8-17-16(20-14)19-12-5-6-12/h2-4,7-9,12H,5-6H2,1H3,(H,18,22)(H,17,19,20). The van der Waals surface area contributed by atoms with Gasteiger partial charge in [-0.25, -0.2) is 9.97 Å². The lowest BCUT2D eigenvalue weighted by atomic mass is 10.1. The molecule has 1 aliphatic carbocycles. The van der Waals surface area contributed by atoms with Gasteiger partial charge in [0.05, 0.1) is 0 Å². The van der Waals surface area contributed by atoms with Crippen molar-refractivity contribution in [1.82, 2.24) is 9.97 Å². The van der Waals surface area contributed by atoms with Crippen molar-refractivity contribution in [3.8, 4) is 0 Å². The number of benzene rings is 1. The van der Waals surface area contributed by atoms with Crippen molar-refractivity contribution in [2.24, 2.45) is 0 Å². The number of anilines is 2. The van der Waals surface area contributed by atoms with E-state index < -0.39 is 0 Å². The lowest BCUT2D eigenvalue weighted by Gasteiger charge is -2.07. The van der Waals surface area contributed by atoms with Crippen LogP contribution in [0.1, 0.15) is 40.6 Å². The highest BCUT2D eigenvalue weighted by molar-refractivity contribution is 6.04. The summed E-state index contributed by atoms with van der Waals surface area (Å²) in [7, 11) is 0. The molecule has 6 nitrogen and oxygen atoms in total. The number of ketones is 1. The van der Waals surface area contributed by atoms with Crippen LogP contribution in [0.25, 0.3) is 0 Å². The van der Waals surface area contributed by atoms with E-state index in [0.717, 1.165) is 12.8 Å². The summed E-state index contributed by atoms with van der Waals surface area (Å²) in [5.41, 5.74) is 1.40. The number of nitrogens with zero attached hydrogens (tertiary/aromatic N) is 2. The molecule has 0 radical (unpaired) electrons. The molecule has 0 saturated heterocycles. The van der Waals surface area contributed by atoms with Gasteiger partial charge in [-0.3, -0.25) is 9.59 Å². The van der Waals surface area contributed by atoms with Gasteiger partial charge in [0.25, 0.3) is 5.91 Å². The third-order valence-electron chi connectivity index (χ3n) is 3.33. The molecule has 1 aromatic carbocycles. The quantitative estimate of drug-likeness (QED) is 0.828. The maximum absolute atomic E-state index is 12.2. The van der Waals surface area contributed by atoms with E-state index in [-0.39, 0.29) is 17.4 Å². The van der Waals surface area contributed by atoms with Crippen LogP contribution in [0.5, 0.6) is 0 Å². The lowest BCUT2D eigenvalue weighted by Crippen LogP contribution is -2.16. The van der Waals surface area contributed by atoms with Gasteiger partial charge in [-0.1, -0.05) is 12.1 Å². The Morgan fingerprint density at radius 1 is 1.23 bits per heavy atom. The molecule has 0 spiro atoms. The first-order valence-electron chi connectivity index (χ1n) is 7.14. The SMILES string of the molecule is CC(=O)c1cccc(NC(=O)c2ccnc(NC3CC3)n2)c1. The normalized spacial score (nSPS) is 13.5. The fraction of sp³-hybridized carbons (Fsp3) is 0.250. The maximum Gasteiger partial charge on any atom is 0.274 e. The number of nitrogens with one attached hydrogen (secondary N) is 2. The summed E-state index contributed by atoms with van der Waals surface area (Å²) in [6.07, 6.45) is 3.77. The first kappa shape index (κ1) is 14.2. The van der Waals surface area contributed by atoms with Crippen molar-refractivity contribution in [1.29, 1.82) is 0 Å². The summed E-state index contributed by atoms with van der Waals surface area (Å²) in [4.78, 5) is 31.9. The smallest absolute Gasteiger partial charge is 0.274 e. The number of aromatic nitrogens is 2. The van der Waals surface area contributed by atoms with Gasteiger partial charge in [0, 0.05) is 23.5 Å². The summed E-state index contributed by atoms with van der Waals surface area (Å²) >= 11 is 0. The van der Waals surface area contributed by atoms with Gasteiger partial charge in [0.15, 0.2) is 5.78 Å². The van der Waals surface area contributed by atoms with Gasteiger partial charge in [-0.2, -0.15) is 0 Å². The van der Waals surface area contributed by atoms with Crippen molar-refractivity contribution in [3.05, 3.63) is 47.8 Å². The Morgan fingerprint density at radius 3 is 2.77 bits per heavy atom. The molecule has 22 heavy (non-hydrogen) atoms. The van der Waals surface area contributed by atoms with Crippen LogP contribution in [0.2, 0.25) is 0 Å². The minimum atomic E-state index is -0.332. The average molecular weight is 296 g/mol. The molecule has 0 unspecified atom stereocenters. The minimum Gasteiger partial charge on any atom is -0.351 e. The van der Waals surface area contributed by atoms with Crippen LogP contribution in [0.3, 0.4) is 0 Å². The number of carbonyl (C=O) groups is 2. The van der Waals surface area contributed by atoms with Crippen molar-refractivity contribution < 1.29 is 9.59 Å². The number of Topliss-reactive ketones (excluding diaryl/α,β-unsaturated/α-hetero) is 1.